The lowest BCUT2D eigenvalue weighted by atomic mass is 9.68. The van der Waals surface area contributed by atoms with Gasteiger partial charge in [-0.2, -0.15) is 0 Å². The Morgan fingerprint density at radius 1 is 1.46 bits per heavy atom. The summed E-state index contributed by atoms with van der Waals surface area (Å²) in [6, 6.07) is 0. The highest BCUT2D eigenvalue weighted by molar-refractivity contribution is 4.83. The zero-order valence-corrected chi connectivity index (χ0v) is 8.82. The Morgan fingerprint density at radius 3 is 2.54 bits per heavy atom. The molecule has 0 saturated heterocycles. The molecule has 13 heavy (non-hydrogen) atoms. The lowest BCUT2D eigenvalue weighted by Gasteiger charge is -2.38. The van der Waals surface area contributed by atoms with Gasteiger partial charge in [0.15, 0.2) is 0 Å². The van der Waals surface area contributed by atoms with Crippen LogP contribution in [0, 0.1) is 17.3 Å². The molecule has 1 fully saturated rings. The molecule has 0 radical (unpaired) electrons. The van der Waals surface area contributed by atoms with Crippen LogP contribution < -0.4 is 0 Å². The van der Waals surface area contributed by atoms with Crippen molar-refractivity contribution in [3.8, 4) is 0 Å². The van der Waals surface area contributed by atoms with Crippen LogP contribution in [0.5, 0.6) is 0 Å². The molecular weight excluding hydrogens is 162 g/mol. The molecule has 0 N–H and O–H groups in total. The van der Waals surface area contributed by atoms with Gasteiger partial charge in [-0.05, 0) is 42.0 Å². The van der Waals surface area contributed by atoms with Crippen molar-refractivity contribution in [3.63, 3.8) is 0 Å². The summed E-state index contributed by atoms with van der Waals surface area (Å²) < 4.78 is 0. The van der Waals surface area contributed by atoms with E-state index >= 15 is 0 Å². The summed E-state index contributed by atoms with van der Waals surface area (Å²) in [7, 11) is 0. The van der Waals surface area contributed by atoms with Gasteiger partial charge in [0.05, 0.1) is 0 Å². The maximum Gasteiger partial charge on any atom is 0.0309 e. The normalized spacial score (nSPS) is 27.6. The highest BCUT2D eigenvalue weighted by Crippen LogP contribution is 2.41. The highest BCUT2D eigenvalue weighted by Gasteiger charge is 2.30. The quantitative estimate of drug-likeness (QED) is 0.360. The fraction of sp³-hybridized carbons (Fsp3) is 1.00. The van der Waals surface area contributed by atoms with E-state index in [1.165, 1.54) is 19.3 Å². The van der Waals surface area contributed by atoms with Gasteiger partial charge in [0.2, 0.25) is 0 Å². The van der Waals surface area contributed by atoms with Gasteiger partial charge in [0.1, 0.15) is 0 Å². The summed E-state index contributed by atoms with van der Waals surface area (Å²) in [5.41, 5.74) is 8.43. The van der Waals surface area contributed by atoms with E-state index in [9.17, 15) is 0 Å². The Labute approximate surface area is 80.2 Å². The molecule has 0 aromatic heterocycles. The van der Waals surface area contributed by atoms with Crippen LogP contribution in [0.3, 0.4) is 0 Å². The van der Waals surface area contributed by atoms with Crippen LogP contribution in [0.15, 0.2) is 5.11 Å². The Kier molecular flexibility index (Phi) is 3.21. The molecule has 0 amide bonds. The van der Waals surface area contributed by atoms with Crippen molar-refractivity contribution in [2.24, 2.45) is 22.4 Å². The van der Waals surface area contributed by atoms with Crippen molar-refractivity contribution >= 4 is 0 Å². The third-order valence-corrected chi connectivity index (χ3v) is 2.87. The van der Waals surface area contributed by atoms with Crippen LogP contribution in [0.25, 0.3) is 10.4 Å². The van der Waals surface area contributed by atoms with Crippen molar-refractivity contribution in [1.29, 1.82) is 0 Å². The van der Waals surface area contributed by atoms with E-state index in [1.807, 2.05) is 0 Å². The molecule has 0 atom stereocenters. The average Bonchev–Trinajstić information content (AvgIpc) is 1.98. The molecule has 0 bridgehead atoms. The fourth-order valence-corrected chi connectivity index (χ4v) is 2.30. The molecule has 0 aromatic rings. The van der Waals surface area contributed by atoms with Gasteiger partial charge in [-0.1, -0.05) is 25.9 Å². The van der Waals surface area contributed by atoms with Crippen molar-refractivity contribution in [3.05, 3.63) is 10.4 Å². The summed E-state index contributed by atoms with van der Waals surface area (Å²) in [6.07, 6.45) is 3.93. The van der Waals surface area contributed by atoms with E-state index in [4.69, 9.17) is 5.53 Å². The highest BCUT2D eigenvalue weighted by atomic mass is 15.1. The number of rotatable bonds is 4. The molecule has 0 unspecified atom stereocenters. The van der Waals surface area contributed by atoms with Crippen LogP contribution in [-0.2, 0) is 0 Å². The monoisotopic (exact) mass is 181 g/mol. The van der Waals surface area contributed by atoms with Crippen LogP contribution in [-0.4, -0.2) is 6.54 Å². The molecule has 0 spiro atoms. The number of azide groups is 1. The molecule has 1 aliphatic rings. The van der Waals surface area contributed by atoms with Crippen LogP contribution in [0.2, 0.25) is 0 Å². The second-order valence-corrected chi connectivity index (χ2v) is 5.20. The van der Waals surface area contributed by atoms with Gasteiger partial charge in [-0.25, -0.2) is 0 Å². The van der Waals surface area contributed by atoms with E-state index in [2.05, 4.69) is 30.8 Å². The van der Waals surface area contributed by atoms with E-state index in [1.54, 1.807) is 0 Å². The predicted octanol–water partition coefficient (Wildman–Crippen LogP) is 3.76. The third-order valence-electron chi connectivity index (χ3n) is 2.87. The minimum Gasteiger partial charge on any atom is -0.0934 e. The van der Waals surface area contributed by atoms with Crippen LogP contribution >= 0.6 is 0 Å². The van der Waals surface area contributed by atoms with Gasteiger partial charge in [-0.15, -0.1) is 0 Å². The Hall–Kier alpha value is -0.690. The maximum absolute atomic E-state index is 8.24. The van der Waals surface area contributed by atoms with Crippen LogP contribution in [0.4, 0.5) is 0 Å². The minimum atomic E-state index is 0.192. The lowest BCUT2D eigenvalue weighted by molar-refractivity contribution is 0.142. The van der Waals surface area contributed by atoms with Crippen molar-refractivity contribution in [2.45, 2.75) is 40.0 Å². The summed E-state index contributed by atoms with van der Waals surface area (Å²) in [5.74, 6) is 1.79. The van der Waals surface area contributed by atoms with Gasteiger partial charge < -0.3 is 0 Å². The van der Waals surface area contributed by atoms with Crippen molar-refractivity contribution in [1.82, 2.24) is 0 Å². The third kappa shape index (κ3) is 3.27. The second kappa shape index (κ2) is 4.01. The zero-order chi connectivity index (χ0) is 9.90. The molecule has 0 aliphatic heterocycles. The Balaban J connectivity index is 2.29. The van der Waals surface area contributed by atoms with Crippen molar-refractivity contribution < 1.29 is 0 Å². The molecule has 74 valence electrons. The molecule has 1 saturated carbocycles. The van der Waals surface area contributed by atoms with E-state index in [0.29, 0.717) is 6.54 Å². The molecule has 1 aliphatic carbocycles. The maximum atomic E-state index is 8.24. The number of hydrogen-bond acceptors (Lipinski definition) is 1. The van der Waals surface area contributed by atoms with Gasteiger partial charge >= 0.3 is 0 Å². The van der Waals surface area contributed by atoms with E-state index in [0.717, 1.165) is 11.8 Å². The zero-order valence-electron chi connectivity index (χ0n) is 8.82. The first kappa shape index (κ1) is 10.4. The second-order valence-electron chi connectivity index (χ2n) is 5.20. The predicted molar refractivity (Wildman–Crippen MR) is 54.3 cm³/mol. The Bertz CT molecular complexity index is 210. The average molecular weight is 181 g/mol. The van der Waals surface area contributed by atoms with Crippen LogP contribution in [0.1, 0.15) is 40.0 Å². The molecular formula is C10H19N3. The summed E-state index contributed by atoms with van der Waals surface area (Å²) in [5, 5.41) is 3.65. The largest absolute Gasteiger partial charge is 0.0934 e. The topological polar surface area (TPSA) is 48.8 Å². The smallest absolute Gasteiger partial charge is 0.0309 e. The fourth-order valence-electron chi connectivity index (χ4n) is 2.30. The number of hydrogen-bond donors (Lipinski definition) is 0. The Morgan fingerprint density at radius 2 is 2.08 bits per heavy atom. The summed E-state index contributed by atoms with van der Waals surface area (Å²) >= 11 is 0. The molecule has 0 heterocycles. The lowest BCUT2D eigenvalue weighted by Crippen LogP contribution is -2.28. The van der Waals surface area contributed by atoms with Gasteiger partial charge in [0.25, 0.3) is 0 Å². The minimum absolute atomic E-state index is 0.192. The van der Waals surface area contributed by atoms with Gasteiger partial charge in [0, 0.05) is 11.5 Å². The SMILES string of the molecule is CC1CC(CC(C)(C)CN=[N+]=[N-])C1. The molecule has 3 heteroatoms. The first-order valence-corrected chi connectivity index (χ1v) is 5.04. The summed E-state index contributed by atoms with van der Waals surface area (Å²) in [4.78, 5) is 2.81. The molecule has 3 nitrogen and oxygen atoms in total. The standard InChI is InChI=1S/C10H19N3/c1-8-4-9(5-8)6-10(2,3)7-12-13-11/h8-9H,4-7H2,1-3H3. The molecule has 0 aromatic carbocycles. The number of nitrogens with zero attached hydrogens (tertiary/aromatic N) is 3. The van der Waals surface area contributed by atoms with Gasteiger partial charge in [-0.3, -0.25) is 0 Å². The van der Waals surface area contributed by atoms with Crippen molar-refractivity contribution in [2.75, 3.05) is 6.54 Å². The van der Waals surface area contributed by atoms with E-state index in [-0.39, 0.29) is 5.41 Å². The first-order chi connectivity index (χ1) is 6.03. The van der Waals surface area contributed by atoms with E-state index < -0.39 is 0 Å². The summed E-state index contributed by atoms with van der Waals surface area (Å²) in [6.45, 7) is 7.31. The molecule has 1 rings (SSSR count). The first-order valence-electron chi connectivity index (χ1n) is 5.04.